The van der Waals surface area contributed by atoms with Gasteiger partial charge in [0.05, 0.1) is 0 Å². The van der Waals surface area contributed by atoms with E-state index in [1.54, 1.807) is 14.1 Å². The van der Waals surface area contributed by atoms with Crippen LogP contribution < -0.4 is 0 Å². The summed E-state index contributed by atoms with van der Waals surface area (Å²) in [6, 6.07) is 9.89. The molecular weight excluding hydrogens is 280 g/mol. The van der Waals surface area contributed by atoms with Crippen LogP contribution in [0.1, 0.15) is 24.8 Å². The summed E-state index contributed by atoms with van der Waals surface area (Å²) in [4.78, 5) is 38.6. The van der Waals surface area contributed by atoms with E-state index >= 15 is 0 Å². The maximum absolute atomic E-state index is 12.2. The van der Waals surface area contributed by atoms with Gasteiger partial charge in [-0.1, -0.05) is 30.3 Å². The Kier molecular flexibility index (Phi) is 5.31. The van der Waals surface area contributed by atoms with Crippen LogP contribution in [0.15, 0.2) is 30.3 Å². The van der Waals surface area contributed by atoms with Crippen molar-refractivity contribution in [1.29, 1.82) is 0 Å². The zero-order valence-corrected chi connectivity index (χ0v) is 13.1. The molecule has 0 bridgehead atoms. The summed E-state index contributed by atoms with van der Waals surface area (Å²) in [6.07, 6.45) is 1.67. The number of benzene rings is 1. The number of hydrogen-bond acceptors (Lipinski definition) is 3. The number of carbonyl (C=O) groups excluding carboxylic acids is 3. The lowest BCUT2D eigenvalue weighted by atomic mass is 9.89. The first-order valence-corrected chi connectivity index (χ1v) is 7.54. The van der Waals surface area contributed by atoms with E-state index < -0.39 is 0 Å². The molecule has 0 spiro atoms. The summed E-state index contributed by atoms with van der Waals surface area (Å²) in [5.41, 5.74) is 1.14. The Hall–Kier alpha value is -2.17. The van der Waals surface area contributed by atoms with E-state index in [2.05, 4.69) is 0 Å². The van der Waals surface area contributed by atoms with Crippen molar-refractivity contribution >= 4 is 17.7 Å². The molecule has 1 aliphatic rings. The van der Waals surface area contributed by atoms with Gasteiger partial charge in [-0.25, -0.2) is 0 Å². The van der Waals surface area contributed by atoms with Crippen molar-refractivity contribution in [3.05, 3.63) is 35.9 Å². The van der Waals surface area contributed by atoms with E-state index in [9.17, 15) is 14.4 Å². The van der Waals surface area contributed by atoms with Crippen LogP contribution in [-0.4, -0.2) is 48.2 Å². The Morgan fingerprint density at radius 2 is 1.73 bits per heavy atom. The van der Waals surface area contributed by atoms with Gasteiger partial charge in [0.1, 0.15) is 0 Å². The zero-order chi connectivity index (χ0) is 16.1. The molecule has 1 aromatic carbocycles. The van der Waals surface area contributed by atoms with Gasteiger partial charge in [0.15, 0.2) is 0 Å². The molecule has 1 heterocycles. The molecule has 0 N–H and O–H groups in total. The van der Waals surface area contributed by atoms with Crippen molar-refractivity contribution in [2.24, 2.45) is 5.92 Å². The summed E-state index contributed by atoms with van der Waals surface area (Å²) in [5.74, 6) is -0.345. The molecule has 5 nitrogen and oxygen atoms in total. The molecule has 0 aromatic heterocycles. The SMILES string of the molecule is CN(C)C(=O)CCN1C(=O)CC(Cc2ccccc2)CC1=O. The van der Waals surface area contributed by atoms with Crippen LogP contribution >= 0.6 is 0 Å². The molecule has 0 aliphatic carbocycles. The third-order valence-electron chi connectivity index (χ3n) is 3.94. The summed E-state index contributed by atoms with van der Waals surface area (Å²) < 4.78 is 0. The van der Waals surface area contributed by atoms with Crippen LogP contribution in [0, 0.1) is 5.92 Å². The smallest absolute Gasteiger partial charge is 0.229 e. The van der Waals surface area contributed by atoms with Gasteiger partial charge in [0.2, 0.25) is 17.7 Å². The maximum atomic E-state index is 12.2. The zero-order valence-electron chi connectivity index (χ0n) is 13.1. The fraction of sp³-hybridized carbons (Fsp3) is 0.471. The molecule has 3 amide bonds. The van der Waals surface area contributed by atoms with Crippen molar-refractivity contribution < 1.29 is 14.4 Å². The summed E-state index contributed by atoms with van der Waals surface area (Å²) >= 11 is 0. The van der Waals surface area contributed by atoms with E-state index in [1.165, 1.54) is 9.80 Å². The Balaban J connectivity index is 1.90. The van der Waals surface area contributed by atoms with Gasteiger partial charge in [-0.05, 0) is 17.9 Å². The van der Waals surface area contributed by atoms with Gasteiger partial charge in [0.25, 0.3) is 0 Å². The summed E-state index contributed by atoms with van der Waals surface area (Å²) in [6.45, 7) is 0.187. The van der Waals surface area contributed by atoms with Gasteiger partial charge in [0, 0.05) is 39.9 Å². The van der Waals surface area contributed by atoms with Gasteiger partial charge < -0.3 is 4.90 Å². The normalized spacial score (nSPS) is 16.0. The number of likely N-dealkylation sites (tertiary alicyclic amines) is 1. The number of amides is 3. The van der Waals surface area contributed by atoms with Crippen molar-refractivity contribution in [2.75, 3.05) is 20.6 Å². The predicted molar refractivity (Wildman–Crippen MR) is 82.9 cm³/mol. The molecule has 22 heavy (non-hydrogen) atoms. The van der Waals surface area contributed by atoms with Crippen molar-refractivity contribution in [3.8, 4) is 0 Å². The third kappa shape index (κ3) is 4.16. The molecule has 118 valence electrons. The molecule has 5 heteroatoms. The Morgan fingerprint density at radius 3 is 2.27 bits per heavy atom. The molecule has 1 saturated heterocycles. The minimum atomic E-state index is -0.163. The highest BCUT2D eigenvalue weighted by Crippen LogP contribution is 2.23. The first-order chi connectivity index (χ1) is 10.5. The van der Waals surface area contributed by atoms with Crippen LogP contribution in [0.25, 0.3) is 0 Å². The predicted octanol–water partition coefficient (Wildman–Crippen LogP) is 1.47. The van der Waals surface area contributed by atoms with Gasteiger partial charge in [-0.2, -0.15) is 0 Å². The van der Waals surface area contributed by atoms with Crippen LogP contribution in [0.2, 0.25) is 0 Å². The number of rotatable bonds is 5. The standard InChI is InChI=1S/C17H22N2O3/c1-18(2)15(20)8-9-19-16(21)11-14(12-17(19)22)10-13-6-4-3-5-7-13/h3-7,14H,8-12H2,1-2H3. The molecule has 1 aromatic rings. The van der Waals surface area contributed by atoms with E-state index in [-0.39, 0.29) is 36.6 Å². The minimum Gasteiger partial charge on any atom is -0.349 e. The summed E-state index contributed by atoms with van der Waals surface area (Å²) in [7, 11) is 3.33. The highest BCUT2D eigenvalue weighted by molar-refractivity contribution is 5.98. The molecule has 0 radical (unpaired) electrons. The fourth-order valence-corrected chi connectivity index (χ4v) is 2.70. The van der Waals surface area contributed by atoms with E-state index in [0.29, 0.717) is 12.8 Å². The highest BCUT2D eigenvalue weighted by atomic mass is 16.2. The Morgan fingerprint density at radius 1 is 1.14 bits per heavy atom. The Bertz CT molecular complexity index is 536. The number of hydrogen-bond donors (Lipinski definition) is 0. The lowest BCUT2D eigenvalue weighted by Crippen LogP contribution is -2.45. The molecule has 0 unspecified atom stereocenters. The van der Waals surface area contributed by atoms with Crippen molar-refractivity contribution in [2.45, 2.75) is 25.7 Å². The largest absolute Gasteiger partial charge is 0.349 e. The minimum absolute atomic E-state index is 0.0585. The molecule has 1 fully saturated rings. The number of imide groups is 1. The van der Waals surface area contributed by atoms with Crippen LogP contribution in [0.3, 0.4) is 0 Å². The average molecular weight is 302 g/mol. The average Bonchev–Trinajstić information content (AvgIpc) is 2.47. The topological polar surface area (TPSA) is 57.7 Å². The van der Waals surface area contributed by atoms with E-state index in [4.69, 9.17) is 0 Å². The van der Waals surface area contributed by atoms with Gasteiger partial charge in [-0.3, -0.25) is 19.3 Å². The van der Waals surface area contributed by atoms with Crippen LogP contribution in [0.5, 0.6) is 0 Å². The lowest BCUT2D eigenvalue weighted by Gasteiger charge is -2.30. The second-order valence-corrected chi connectivity index (χ2v) is 5.94. The number of piperidine rings is 1. The molecular formula is C17H22N2O3. The van der Waals surface area contributed by atoms with Crippen LogP contribution in [0.4, 0.5) is 0 Å². The highest BCUT2D eigenvalue weighted by Gasteiger charge is 2.32. The maximum Gasteiger partial charge on any atom is 0.229 e. The second kappa shape index (κ2) is 7.20. The lowest BCUT2D eigenvalue weighted by molar-refractivity contribution is -0.150. The Labute approximate surface area is 130 Å². The van der Waals surface area contributed by atoms with Gasteiger partial charge in [-0.15, -0.1) is 0 Å². The van der Waals surface area contributed by atoms with Crippen molar-refractivity contribution in [1.82, 2.24) is 9.80 Å². The first kappa shape index (κ1) is 16.2. The first-order valence-electron chi connectivity index (χ1n) is 7.54. The second-order valence-electron chi connectivity index (χ2n) is 5.94. The molecule has 0 atom stereocenters. The third-order valence-corrected chi connectivity index (χ3v) is 3.94. The van der Waals surface area contributed by atoms with Gasteiger partial charge >= 0.3 is 0 Å². The number of carbonyl (C=O) groups is 3. The molecule has 0 saturated carbocycles. The van der Waals surface area contributed by atoms with Crippen LogP contribution in [-0.2, 0) is 20.8 Å². The molecule has 2 rings (SSSR count). The monoisotopic (exact) mass is 302 g/mol. The summed E-state index contributed by atoms with van der Waals surface area (Å²) in [5, 5.41) is 0. The van der Waals surface area contributed by atoms with E-state index in [0.717, 1.165) is 12.0 Å². The van der Waals surface area contributed by atoms with E-state index in [1.807, 2.05) is 30.3 Å². The van der Waals surface area contributed by atoms with Crippen molar-refractivity contribution in [3.63, 3.8) is 0 Å². The fourth-order valence-electron chi connectivity index (χ4n) is 2.70. The molecule has 1 aliphatic heterocycles. The number of nitrogens with zero attached hydrogens (tertiary/aromatic N) is 2. The quantitative estimate of drug-likeness (QED) is 0.774.